The number of hydrogen-bond acceptors (Lipinski definition) is 6. The molecule has 1 aromatic carbocycles. The van der Waals surface area contributed by atoms with Crippen LogP contribution in [-0.4, -0.2) is 60.7 Å². The van der Waals surface area contributed by atoms with Crippen LogP contribution in [0.15, 0.2) is 30.3 Å². The summed E-state index contributed by atoms with van der Waals surface area (Å²) in [5.74, 6) is 0. The third-order valence-electron chi connectivity index (χ3n) is 4.04. The summed E-state index contributed by atoms with van der Waals surface area (Å²) in [4.78, 5) is 0. The van der Waals surface area contributed by atoms with Gasteiger partial charge in [-0.05, 0) is 12.0 Å². The number of rotatable bonds is 4. The van der Waals surface area contributed by atoms with Crippen LogP contribution in [0.25, 0.3) is 0 Å². The molecule has 0 aliphatic carbocycles. The van der Waals surface area contributed by atoms with Crippen molar-refractivity contribution in [3.63, 3.8) is 0 Å². The van der Waals surface area contributed by atoms with Crippen molar-refractivity contribution < 1.29 is 24.4 Å². The fourth-order valence-electron chi connectivity index (χ4n) is 2.85. The van der Waals surface area contributed by atoms with Crippen molar-refractivity contribution >= 4 is 0 Å². The normalized spacial score (nSPS) is 35.6. The molecule has 3 aliphatic rings. The van der Waals surface area contributed by atoms with E-state index in [1.807, 2.05) is 30.3 Å². The van der Waals surface area contributed by atoms with Gasteiger partial charge in [0.1, 0.15) is 24.4 Å². The molecule has 3 fully saturated rings. The molecule has 4 rings (SSSR count). The molecule has 5 unspecified atom stereocenters. The van der Waals surface area contributed by atoms with Gasteiger partial charge in [0.2, 0.25) is 0 Å². The average Bonchev–Trinajstić information content (AvgIpc) is 2.68. The SMILES string of the molecule is OC1C2OCCCOC(C(CNCc3ccccc3)O2)C1O. The summed E-state index contributed by atoms with van der Waals surface area (Å²) in [6.45, 7) is 2.16. The zero-order chi connectivity index (χ0) is 15.4. The molecular weight excluding hydrogens is 286 g/mol. The van der Waals surface area contributed by atoms with Crippen LogP contribution in [-0.2, 0) is 20.8 Å². The maximum Gasteiger partial charge on any atom is 0.186 e. The van der Waals surface area contributed by atoms with E-state index in [4.69, 9.17) is 14.2 Å². The highest BCUT2D eigenvalue weighted by molar-refractivity contribution is 5.14. The van der Waals surface area contributed by atoms with Crippen LogP contribution < -0.4 is 5.32 Å². The van der Waals surface area contributed by atoms with E-state index in [1.165, 1.54) is 5.56 Å². The second-order valence-electron chi connectivity index (χ2n) is 5.70. The summed E-state index contributed by atoms with van der Waals surface area (Å²) in [6, 6.07) is 10.1. The van der Waals surface area contributed by atoms with Gasteiger partial charge in [0.25, 0.3) is 0 Å². The van der Waals surface area contributed by atoms with Gasteiger partial charge >= 0.3 is 0 Å². The highest BCUT2D eigenvalue weighted by Crippen LogP contribution is 2.25. The van der Waals surface area contributed by atoms with Crippen LogP contribution in [0.4, 0.5) is 0 Å². The largest absolute Gasteiger partial charge is 0.387 e. The molecule has 0 amide bonds. The number of nitrogens with one attached hydrogen (secondary N) is 1. The lowest BCUT2D eigenvalue weighted by Gasteiger charge is -2.41. The lowest BCUT2D eigenvalue weighted by Crippen LogP contribution is -2.60. The predicted octanol–water partition coefficient (Wildman–Crippen LogP) is 0.0284. The van der Waals surface area contributed by atoms with Crippen LogP contribution in [0.5, 0.6) is 0 Å². The van der Waals surface area contributed by atoms with E-state index in [1.54, 1.807) is 0 Å². The Balaban J connectivity index is 1.59. The fraction of sp³-hybridized carbons (Fsp3) is 0.625. The van der Waals surface area contributed by atoms with E-state index in [-0.39, 0.29) is 6.10 Å². The second kappa shape index (κ2) is 7.50. The van der Waals surface area contributed by atoms with Gasteiger partial charge in [-0.3, -0.25) is 0 Å². The Bertz CT molecular complexity index is 455. The molecule has 3 saturated heterocycles. The molecule has 0 aromatic heterocycles. The van der Waals surface area contributed by atoms with Crippen molar-refractivity contribution in [1.29, 1.82) is 0 Å². The van der Waals surface area contributed by atoms with Crippen LogP contribution >= 0.6 is 0 Å². The Hall–Kier alpha value is -1.02. The first-order valence-corrected chi connectivity index (χ1v) is 7.75. The number of hydrogen-bond donors (Lipinski definition) is 3. The van der Waals surface area contributed by atoms with Crippen molar-refractivity contribution in [2.45, 2.75) is 43.7 Å². The maximum atomic E-state index is 10.2. The molecule has 22 heavy (non-hydrogen) atoms. The maximum absolute atomic E-state index is 10.2. The first kappa shape index (κ1) is 15.9. The Morgan fingerprint density at radius 1 is 1.05 bits per heavy atom. The van der Waals surface area contributed by atoms with Gasteiger partial charge in [0.15, 0.2) is 6.29 Å². The number of aliphatic hydroxyl groups is 2. The zero-order valence-corrected chi connectivity index (χ0v) is 12.4. The quantitative estimate of drug-likeness (QED) is 0.728. The third kappa shape index (κ3) is 3.65. The fourth-order valence-corrected chi connectivity index (χ4v) is 2.85. The number of aliphatic hydroxyl groups excluding tert-OH is 2. The molecule has 3 N–H and O–H groups in total. The van der Waals surface area contributed by atoms with Gasteiger partial charge in [-0.25, -0.2) is 0 Å². The topological polar surface area (TPSA) is 80.2 Å². The van der Waals surface area contributed by atoms with E-state index in [2.05, 4.69) is 5.32 Å². The smallest absolute Gasteiger partial charge is 0.186 e. The van der Waals surface area contributed by atoms with Crippen molar-refractivity contribution in [2.24, 2.45) is 0 Å². The summed E-state index contributed by atoms with van der Waals surface area (Å²) in [6.07, 6.45) is -3.05. The van der Waals surface area contributed by atoms with Gasteiger partial charge in [-0.2, -0.15) is 0 Å². The zero-order valence-electron chi connectivity index (χ0n) is 12.4. The summed E-state index contributed by atoms with van der Waals surface area (Å²) < 4.78 is 17.0. The molecule has 6 nitrogen and oxygen atoms in total. The molecule has 5 atom stereocenters. The van der Waals surface area contributed by atoms with Crippen molar-refractivity contribution in [1.82, 2.24) is 5.32 Å². The lowest BCUT2D eigenvalue weighted by atomic mass is 9.98. The van der Waals surface area contributed by atoms with E-state index >= 15 is 0 Å². The van der Waals surface area contributed by atoms with Crippen LogP contribution in [0.1, 0.15) is 12.0 Å². The molecule has 0 radical (unpaired) electrons. The van der Waals surface area contributed by atoms with Gasteiger partial charge < -0.3 is 29.7 Å². The molecule has 2 bridgehead atoms. The minimum atomic E-state index is -1.08. The number of fused-ring (bicyclic) bond motifs is 6. The average molecular weight is 309 g/mol. The first-order valence-electron chi connectivity index (χ1n) is 7.75. The summed E-state index contributed by atoms with van der Waals surface area (Å²) in [5.41, 5.74) is 1.17. The van der Waals surface area contributed by atoms with E-state index < -0.39 is 24.6 Å². The number of ether oxygens (including phenoxy) is 3. The highest BCUT2D eigenvalue weighted by atomic mass is 16.7. The van der Waals surface area contributed by atoms with Crippen LogP contribution in [0, 0.1) is 0 Å². The Labute approximate surface area is 130 Å². The van der Waals surface area contributed by atoms with Gasteiger partial charge in [-0.1, -0.05) is 30.3 Å². The van der Waals surface area contributed by atoms with Crippen molar-refractivity contribution in [3.8, 4) is 0 Å². The predicted molar refractivity (Wildman–Crippen MR) is 79.1 cm³/mol. The van der Waals surface area contributed by atoms with Crippen molar-refractivity contribution in [2.75, 3.05) is 19.8 Å². The minimum absolute atomic E-state index is 0.356. The first-order chi connectivity index (χ1) is 10.8. The molecular formula is C16H23NO5. The molecule has 6 heteroatoms. The summed E-state index contributed by atoms with van der Waals surface area (Å²) in [5, 5.41) is 23.5. The van der Waals surface area contributed by atoms with Crippen LogP contribution in [0.2, 0.25) is 0 Å². The molecule has 0 saturated carbocycles. The Kier molecular flexibility index (Phi) is 5.41. The van der Waals surface area contributed by atoms with E-state index in [9.17, 15) is 10.2 Å². The van der Waals surface area contributed by atoms with Crippen molar-refractivity contribution in [3.05, 3.63) is 35.9 Å². The monoisotopic (exact) mass is 309 g/mol. The van der Waals surface area contributed by atoms with E-state index in [0.717, 1.165) is 6.42 Å². The minimum Gasteiger partial charge on any atom is -0.387 e. The molecule has 1 aromatic rings. The second-order valence-corrected chi connectivity index (χ2v) is 5.70. The van der Waals surface area contributed by atoms with Gasteiger partial charge in [0.05, 0.1) is 6.61 Å². The molecule has 3 heterocycles. The molecule has 122 valence electrons. The molecule has 0 spiro atoms. The third-order valence-corrected chi connectivity index (χ3v) is 4.04. The standard InChI is InChI=1S/C16H23NO5/c18-13-14(19)16-21-8-4-7-20-15(13)12(22-16)10-17-9-11-5-2-1-3-6-11/h1-3,5-6,12-19H,4,7-10H2. The van der Waals surface area contributed by atoms with Gasteiger partial charge in [-0.15, -0.1) is 0 Å². The highest BCUT2D eigenvalue weighted by Gasteiger charge is 2.46. The summed E-state index contributed by atoms with van der Waals surface area (Å²) in [7, 11) is 0. The number of benzene rings is 1. The Morgan fingerprint density at radius 2 is 1.82 bits per heavy atom. The van der Waals surface area contributed by atoms with E-state index in [0.29, 0.717) is 26.3 Å². The Morgan fingerprint density at radius 3 is 2.64 bits per heavy atom. The summed E-state index contributed by atoms with van der Waals surface area (Å²) >= 11 is 0. The van der Waals surface area contributed by atoms with Crippen LogP contribution in [0.3, 0.4) is 0 Å². The lowest BCUT2D eigenvalue weighted by molar-refractivity contribution is -0.292. The molecule has 3 aliphatic heterocycles. The van der Waals surface area contributed by atoms with Gasteiger partial charge in [0, 0.05) is 19.7 Å².